The van der Waals surface area contributed by atoms with Gasteiger partial charge in [0.2, 0.25) is 0 Å². The Morgan fingerprint density at radius 1 is 0.741 bits per heavy atom. The van der Waals surface area contributed by atoms with E-state index in [1.807, 2.05) is 6.08 Å². The monoisotopic (exact) mass is 384 g/mol. The Morgan fingerprint density at radius 2 is 1.19 bits per heavy atom. The van der Waals surface area contributed by atoms with Crippen LogP contribution >= 0.6 is 0 Å². The van der Waals surface area contributed by atoms with E-state index in [-0.39, 0.29) is 0 Å². The number of alkyl halides is 2. The van der Waals surface area contributed by atoms with Gasteiger partial charge in [0.15, 0.2) is 12.3 Å². The van der Waals surface area contributed by atoms with Crippen LogP contribution in [0.25, 0.3) is 0 Å². The summed E-state index contributed by atoms with van der Waals surface area (Å²) >= 11 is 0. The molecule has 0 N–H and O–H groups in total. The Hall–Kier alpha value is -0.480. The van der Waals surface area contributed by atoms with Crippen molar-refractivity contribution in [3.63, 3.8) is 0 Å². The van der Waals surface area contributed by atoms with Crippen LogP contribution in [0.1, 0.15) is 71.1 Å². The highest BCUT2D eigenvalue weighted by atomic mass is 19.2. The second-order valence-electron chi connectivity index (χ2n) is 9.35. The Kier molecular flexibility index (Phi) is 8.13. The summed E-state index contributed by atoms with van der Waals surface area (Å²) in [6, 6.07) is 0. The Morgan fingerprint density at radius 3 is 1.63 bits per heavy atom. The highest BCUT2D eigenvalue weighted by Gasteiger charge is 2.42. The number of ether oxygens (including phenoxy) is 2. The van der Waals surface area contributed by atoms with E-state index in [1.165, 1.54) is 12.8 Å². The van der Waals surface area contributed by atoms with Gasteiger partial charge in [0.25, 0.3) is 0 Å². The van der Waals surface area contributed by atoms with Crippen LogP contribution in [-0.4, -0.2) is 37.8 Å². The molecule has 0 spiro atoms. The molecule has 0 radical (unpaired) electrons. The van der Waals surface area contributed by atoms with Crippen molar-refractivity contribution in [2.24, 2.45) is 23.7 Å². The molecule has 2 nitrogen and oxygen atoms in total. The molecule has 3 rings (SSSR count). The average Bonchev–Trinajstić information content (AvgIpc) is 2.70. The van der Waals surface area contributed by atoms with E-state index in [4.69, 9.17) is 9.47 Å². The Bertz CT molecular complexity index is 442. The molecule has 4 atom stereocenters. The highest BCUT2D eigenvalue weighted by molar-refractivity contribution is 4.91. The maximum atomic E-state index is 14.6. The van der Waals surface area contributed by atoms with Crippen molar-refractivity contribution in [3.05, 3.63) is 12.7 Å². The molecular weight excluding hydrogens is 346 g/mol. The van der Waals surface area contributed by atoms with E-state index in [1.54, 1.807) is 0 Å². The van der Waals surface area contributed by atoms with Gasteiger partial charge in [-0.2, -0.15) is 0 Å². The van der Waals surface area contributed by atoms with Crippen molar-refractivity contribution in [2.75, 3.05) is 13.2 Å². The van der Waals surface area contributed by atoms with Crippen LogP contribution in [0.4, 0.5) is 8.78 Å². The molecule has 27 heavy (non-hydrogen) atoms. The van der Waals surface area contributed by atoms with Crippen LogP contribution in [0.5, 0.6) is 0 Å². The fourth-order valence-electron chi connectivity index (χ4n) is 5.01. The lowest BCUT2D eigenvalue weighted by Gasteiger charge is -2.37. The number of halogens is 2. The largest absolute Gasteiger partial charge is 0.375 e. The van der Waals surface area contributed by atoms with Gasteiger partial charge in [-0.15, -0.1) is 6.58 Å². The minimum absolute atomic E-state index is 0.481. The normalized spacial score (nSPS) is 43.4. The Labute approximate surface area is 164 Å². The molecule has 0 aliphatic heterocycles. The maximum Gasteiger partial charge on any atom is 0.160 e. The quantitative estimate of drug-likeness (QED) is 0.498. The molecule has 156 valence electrons. The van der Waals surface area contributed by atoms with Crippen LogP contribution in [0, 0.1) is 23.7 Å². The number of rotatable bonds is 7. The van der Waals surface area contributed by atoms with Crippen LogP contribution in [0.2, 0.25) is 0 Å². The zero-order valence-corrected chi connectivity index (χ0v) is 17.0. The van der Waals surface area contributed by atoms with Gasteiger partial charge < -0.3 is 9.47 Å². The summed E-state index contributed by atoms with van der Waals surface area (Å²) in [6.45, 7) is 7.30. The molecule has 3 saturated carbocycles. The standard InChI is InChI=1S/C23H38F2O2/c1-3-17-8-10-19(11-9-17)15-27-21-13-12-20(22(24)23(21)25)26-14-18-6-4-16(2)5-7-18/h3,16-23H,1,4-15H2,2H3. The second kappa shape index (κ2) is 10.3. The number of allylic oxidation sites excluding steroid dienone is 1. The van der Waals surface area contributed by atoms with Crippen molar-refractivity contribution in [1.29, 1.82) is 0 Å². The number of hydrogen-bond acceptors (Lipinski definition) is 2. The fraction of sp³-hybridized carbons (Fsp3) is 0.913. The van der Waals surface area contributed by atoms with Crippen LogP contribution in [-0.2, 0) is 9.47 Å². The summed E-state index contributed by atoms with van der Waals surface area (Å²) in [5, 5.41) is 0. The summed E-state index contributed by atoms with van der Waals surface area (Å²) in [5.41, 5.74) is 0. The van der Waals surface area contributed by atoms with E-state index in [2.05, 4.69) is 13.5 Å². The van der Waals surface area contributed by atoms with Gasteiger partial charge in [0.05, 0.1) is 12.2 Å². The second-order valence-corrected chi connectivity index (χ2v) is 9.35. The molecule has 0 aromatic carbocycles. The highest BCUT2D eigenvalue weighted by Crippen LogP contribution is 2.34. The van der Waals surface area contributed by atoms with E-state index < -0.39 is 24.6 Å². The number of hydrogen-bond donors (Lipinski definition) is 0. The van der Waals surface area contributed by atoms with Gasteiger partial charge in [-0.05, 0) is 75.0 Å². The fourth-order valence-corrected chi connectivity index (χ4v) is 5.01. The van der Waals surface area contributed by atoms with Crippen molar-refractivity contribution < 1.29 is 18.3 Å². The molecule has 0 aromatic rings. The van der Waals surface area contributed by atoms with Crippen LogP contribution in [0.15, 0.2) is 12.7 Å². The Balaban J connectivity index is 1.36. The van der Waals surface area contributed by atoms with E-state index >= 15 is 0 Å². The first-order valence-electron chi connectivity index (χ1n) is 11.2. The first-order valence-corrected chi connectivity index (χ1v) is 11.2. The summed E-state index contributed by atoms with van der Waals surface area (Å²) < 4.78 is 40.8. The lowest BCUT2D eigenvalue weighted by atomic mass is 9.82. The van der Waals surface area contributed by atoms with E-state index in [0.717, 1.165) is 44.4 Å². The molecule has 4 heteroatoms. The minimum Gasteiger partial charge on any atom is -0.375 e. The van der Waals surface area contributed by atoms with Crippen molar-refractivity contribution in [3.8, 4) is 0 Å². The van der Waals surface area contributed by atoms with Gasteiger partial charge in [-0.3, -0.25) is 0 Å². The van der Waals surface area contributed by atoms with E-state index in [9.17, 15) is 8.78 Å². The smallest absolute Gasteiger partial charge is 0.160 e. The molecule has 4 unspecified atom stereocenters. The summed E-state index contributed by atoms with van der Waals surface area (Å²) in [4.78, 5) is 0. The zero-order chi connectivity index (χ0) is 19.2. The van der Waals surface area contributed by atoms with Crippen molar-refractivity contribution >= 4 is 0 Å². The molecule has 0 saturated heterocycles. The van der Waals surface area contributed by atoms with Crippen LogP contribution < -0.4 is 0 Å². The summed E-state index contributed by atoms with van der Waals surface area (Å²) in [6.07, 6.45) is 8.13. The van der Waals surface area contributed by atoms with Gasteiger partial charge in [-0.25, -0.2) is 8.78 Å². The van der Waals surface area contributed by atoms with Crippen molar-refractivity contribution in [2.45, 2.75) is 95.7 Å². The lowest BCUT2D eigenvalue weighted by Crippen LogP contribution is -2.47. The van der Waals surface area contributed by atoms with E-state index in [0.29, 0.717) is 43.8 Å². The van der Waals surface area contributed by atoms with Gasteiger partial charge in [-0.1, -0.05) is 25.8 Å². The summed E-state index contributed by atoms with van der Waals surface area (Å²) in [7, 11) is 0. The average molecular weight is 385 g/mol. The third-order valence-electron chi connectivity index (χ3n) is 7.20. The van der Waals surface area contributed by atoms with Crippen molar-refractivity contribution in [1.82, 2.24) is 0 Å². The molecular formula is C23H38F2O2. The zero-order valence-electron chi connectivity index (χ0n) is 17.0. The maximum absolute atomic E-state index is 14.6. The third-order valence-corrected chi connectivity index (χ3v) is 7.20. The summed E-state index contributed by atoms with van der Waals surface area (Å²) in [5.74, 6) is 2.41. The minimum atomic E-state index is -1.56. The molecule has 0 amide bonds. The molecule has 0 bridgehead atoms. The lowest BCUT2D eigenvalue weighted by molar-refractivity contribution is -0.128. The SMILES string of the molecule is C=CC1CCC(COC2CCC(OCC3CCC(C)CC3)C(F)C2F)CC1. The first-order chi connectivity index (χ1) is 13.1. The predicted molar refractivity (Wildman–Crippen MR) is 105 cm³/mol. The molecule has 0 heterocycles. The molecule has 3 fully saturated rings. The molecule has 0 aromatic heterocycles. The van der Waals surface area contributed by atoms with Gasteiger partial charge in [0, 0.05) is 13.2 Å². The van der Waals surface area contributed by atoms with Gasteiger partial charge in [0.1, 0.15) is 0 Å². The molecule has 3 aliphatic rings. The van der Waals surface area contributed by atoms with Crippen LogP contribution in [0.3, 0.4) is 0 Å². The topological polar surface area (TPSA) is 18.5 Å². The first kappa shape index (κ1) is 21.2. The molecule has 3 aliphatic carbocycles. The van der Waals surface area contributed by atoms with Gasteiger partial charge >= 0.3 is 0 Å². The predicted octanol–water partition coefficient (Wildman–Crippen LogP) is 6.05. The third kappa shape index (κ3) is 6.00.